The van der Waals surface area contributed by atoms with Crippen molar-refractivity contribution < 1.29 is 4.74 Å². The lowest BCUT2D eigenvalue weighted by Gasteiger charge is -2.09. The number of pyridine rings is 1. The molecule has 0 spiro atoms. The van der Waals surface area contributed by atoms with Gasteiger partial charge in [0.25, 0.3) is 0 Å². The summed E-state index contributed by atoms with van der Waals surface area (Å²) in [5.41, 5.74) is 8.43. The van der Waals surface area contributed by atoms with Crippen molar-refractivity contribution in [3.8, 4) is 11.6 Å². The van der Waals surface area contributed by atoms with Crippen LogP contribution in [0.2, 0.25) is 5.02 Å². The van der Waals surface area contributed by atoms with E-state index in [9.17, 15) is 0 Å². The third-order valence-corrected chi connectivity index (χ3v) is 3.00. The Labute approximate surface area is 112 Å². The second-order valence-electron chi connectivity index (χ2n) is 4.12. The van der Waals surface area contributed by atoms with Gasteiger partial charge < -0.3 is 10.5 Å². The lowest BCUT2D eigenvalue weighted by molar-refractivity contribution is 0.465. The summed E-state index contributed by atoms with van der Waals surface area (Å²) in [5.74, 6) is 1.12. The Morgan fingerprint density at radius 2 is 2.11 bits per heavy atom. The first-order chi connectivity index (χ1) is 8.60. The van der Waals surface area contributed by atoms with Gasteiger partial charge in [0.1, 0.15) is 5.75 Å². The molecule has 18 heavy (non-hydrogen) atoms. The Bertz CT molecular complexity index is 570. The number of hydrogen-bond donors (Lipinski definition) is 1. The fraction of sp³-hybridized carbons (Fsp3) is 0.214. The summed E-state index contributed by atoms with van der Waals surface area (Å²) in [6.07, 6.45) is 2.58. The Morgan fingerprint density at radius 3 is 2.78 bits per heavy atom. The molecule has 0 radical (unpaired) electrons. The summed E-state index contributed by atoms with van der Waals surface area (Å²) in [6, 6.07) is 7.37. The maximum absolute atomic E-state index is 6.06. The standard InChI is InChI=1S/C14H15ClN2O/c1-3-10-7-11(4-5-12(10)15)18-14-13(16)6-9(2)8-17-14/h4-8H,3,16H2,1-2H3. The molecule has 0 unspecified atom stereocenters. The molecule has 3 nitrogen and oxygen atoms in total. The van der Waals surface area contributed by atoms with Crippen LogP contribution in [0.25, 0.3) is 0 Å². The second kappa shape index (κ2) is 5.27. The van der Waals surface area contributed by atoms with E-state index < -0.39 is 0 Å². The highest BCUT2D eigenvalue weighted by atomic mass is 35.5. The third-order valence-electron chi connectivity index (χ3n) is 2.63. The first-order valence-corrected chi connectivity index (χ1v) is 6.16. The third kappa shape index (κ3) is 2.74. The number of anilines is 1. The summed E-state index contributed by atoms with van der Waals surface area (Å²) < 4.78 is 5.67. The van der Waals surface area contributed by atoms with Crippen LogP contribution in [0.4, 0.5) is 5.69 Å². The zero-order valence-electron chi connectivity index (χ0n) is 10.4. The molecule has 0 aliphatic heterocycles. The van der Waals surface area contributed by atoms with Crippen molar-refractivity contribution in [1.82, 2.24) is 4.98 Å². The van der Waals surface area contributed by atoms with Crippen LogP contribution in [-0.4, -0.2) is 4.98 Å². The zero-order chi connectivity index (χ0) is 13.1. The van der Waals surface area contributed by atoms with Crippen LogP contribution in [-0.2, 0) is 6.42 Å². The van der Waals surface area contributed by atoms with Gasteiger partial charge in [-0.1, -0.05) is 18.5 Å². The summed E-state index contributed by atoms with van der Waals surface area (Å²) in [7, 11) is 0. The van der Waals surface area contributed by atoms with Gasteiger partial charge in [-0.15, -0.1) is 0 Å². The lowest BCUT2D eigenvalue weighted by atomic mass is 10.1. The van der Waals surface area contributed by atoms with Crippen molar-refractivity contribution in [2.45, 2.75) is 20.3 Å². The van der Waals surface area contributed by atoms with Crippen molar-refractivity contribution in [2.24, 2.45) is 0 Å². The number of nitrogens with two attached hydrogens (primary N) is 1. The van der Waals surface area contributed by atoms with Gasteiger partial charge in [0.05, 0.1) is 5.69 Å². The molecule has 0 aliphatic rings. The van der Waals surface area contributed by atoms with E-state index in [2.05, 4.69) is 4.98 Å². The molecule has 4 heteroatoms. The van der Waals surface area contributed by atoms with Crippen molar-refractivity contribution in [3.63, 3.8) is 0 Å². The first-order valence-electron chi connectivity index (χ1n) is 5.78. The summed E-state index contributed by atoms with van der Waals surface area (Å²) in [5, 5.41) is 0.745. The molecule has 0 aliphatic carbocycles. The number of nitrogen functional groups attached to an aromatic ring is 1. The van der Waals surface area contributed by atoms with Crippen LogP contribution in [0, 0.1) is 6.92 Å². The molecule has 2 N–H and O–H groups in total. The Balaban J connectivity index is 2.28. The molecular formula is C14H15ClN2O. The maximum Gasteiger partial charge on any atom is 0.242 e. The van der Waals surface area contributed by atoms with Crippen LogP contribution in [0.15, 0.2) is 30.5 Å². The average Bonchev–Trinajstić information content (AvgIpc) is 2.35. The van der Waals surface area contributed by atoms with Gasteiger partial charge in [0.2, 0.25) is 5.88 Å². The molecule has 2 rings (SSSR count). The van der Waals surface area contributed by atoms with Crippen LogP contribution < -0.4 is 10.5 Å². The molecule has 0 bridgehead atoms. The smallest absolute Gasteiger partial charge is 0.242 e. The molecule has 0 fully saturated rings. The molecular weight excluding hydrogens is 248 g/mol. The summed E-state index contributed by atoms with van der Waals surface area (Å²) in [4.78, 5) is 4.17. The van der Waals surface area contributed by atoms with Gasteiger partial charge >= 0.3 is 0 Å². The number of ether oxygens (including phenoxy) is 1. The Hall–Kier alpha value is -1.74. The molecule has 1 aromatic carbocycles. The van der Waals surface area contributed by atoms with Crippen molar-refractivity contribution >= 4 is 17.3 Å². The van der Waals surface area contributed by atoms with Crippen LogP contribution in [0.1, 0.15) is 18.1 Å². The zero-order valence-corrected chi connectivity index (χ0v) is 11.2. The molecule has 0 amide bonds. The predicted octanol–water partition coefficient (Wildman–Crippen LogP) is 3.98. The Morgan fingerprint density at radius 1 is 1.33 bits per heavy atom. The Kier molecular flexibility index (Phi) is 3.72. The highest BCUT2D eigenvalue weighted by molar-refractivity contribution is 6.31. The van der Waals surface area contributed by atoms with E-state index in [1.54, 1.807) is 6.20 Å². The summed E-state index contributed by atoms with van der Waals surface area (Å²) >= 11 is 6.06. The maximum atomic E-state index is 6.06. The van der Waals surface area contributed by atoms with Gasteiger partial charge in [0, 0.05) is 11.2 Å². The van der Waals surface area contributed by atoms with Crippen molar-refractivity contribution in [3.05, 3.63) is 46.6 Å². The van der Waals surface area contributed by atoms with E-state index in [1.165, 1.54) is 0 Å². The SMILES string of the molecule is CCc1cc(Oc2ncc(C)cc2N)ccc1Cl. The molecule has 94 valence electrons. The van der Waals surface area contributed by atoms with E-state index in [4.69, 9.17) is 22.1 Å². The minimum absolute atomic E-state index is 0.421. The molecule has 1 heterocycles. The van der Waals surface area contributed by atoms with Gasteiger partial charge in [0.15, 0.2) is 0 Å². The number of halogens is 1. The monoisotopic (exact) mass is 262 g/mol. The molecule has 0 atom stereocenters. The highest BCUT2D eigenvalue weighted by Crippen LogP contribution is 2.28. The second-order valence-corrected chi connectivity index (χ2v) is 4.52. The number of aromatic nitrogens is 1. The molecule has 0 saturated heterocycles. The van der Waals surface area contributed by atoms with E-state index in [1.807, 2.05) is 38.1 Å². The minimum Gasteiger partial charge on any atom is -0.437 e. The molecule has 1 aromatic heterocycles. The van der Waals surface area contributed by atoms with Crippen LogP contribution >= 0.6 is 11.6 Å². The number of rotatable bonds is 3. The van der Waals surface area contributed by atoms with E-state index in [-0.39, 0.29) is 0 Å². The number of aryl methyl sites for hydroxylation is 2. The summed E-state index contributed by atoms with van der Waals surface area (Å²) in [6.45, 7) is 3.98. The van der Waals surface area contributed by atoms with Gasteiger partial charge in [-0.25, -0.2) is 4.98 Å². The fourth-order valence-corrected chi connectivity index (χ4v) is 1.91. The normalized spacial score (nSPS) is 10.4. The van der Waals surface area contributed by atoms with Gasteiger partial charge in [-0.2, -0.15) is 0 Å². The van der Waals surface area contributed by atoms with E-state index in [0.717, 1.165) is 22.6 Å². The quantitative estimate of drug-likeness (QED) is 0.910. The van der Waals surface area contributed by atoms with Crippen LogP contribution in [0.5, 0.6) is 11.6 Å². The van der Waals surface area contributed by atoms with Crippen LogP contribution in [0.3, 0.4) is 0 Å². The van der Waals surface area contributed by atoms with Gasteiger partial charge in [-0.05, 0) is 48.7 Å². The van der Waals surface area contributed by atoms with Crippen molar-refractivity contribution in [2.75, 3.05) is 5.73 Å². The minimum atomic E-state index is 0.421. The number of hydrogen-bond acceptors (Lipinski definition) is 3. The average molecular weight is 263 g/mol. The topological polar surface area (TPSA) is 48.1 Å². The molecule has 2 aromatic rings. The number of benzene rings is 1. The van der Waals surface area contributed by atoms with E-state index in [0.29, 0.717) is 17.3 Å². The number of nitrogens with zero attached hydrogens (tertiary/aromatic N) is 1. The van der Waals surface area contributed by atoms with Crippen molar-refractivity contribution in [1.29, 1.82) is 0 Å². The van der Waals surface area contributed by atoms with E-state index >= 15 is 0 Å². The highest BCUT2D eigenvalue weighted by Gasteiger charge is 2.06. The predicted molar refractivity (Wildman–Crippen MR) is 74.3 cm³/mol. The fourth-order valence-electron chi connectivity index (χ4n) is 1.66. The van der Waals surface area contributed by atoms with Gasteiger partial charge in [-0.3, -0.25) is 0 Å². The molecule has 0 saturated carbocycles. The largest absolute Gasteiger partial charge is 0.437 e. The first kappa shape index (κ1) is 12.7. The lowest BCUT2D eigenvalue weighted by Crippen LogP contribution is -1.96.